The van der Waals surface area contributed by atoms with Crippen LogP contribution in [0.25, 0.3) is 0 Å². The molecule has 0 spiro atoms. The molecular weight excluding hydrogens is 230 g/mol. The van der Waals surface area contributed by atoms with E-state index >= 15 is 0 Å². The van der Waals surface area contributed by atoms with Crippen LogP contribution in [-0.4, -0.2) is 25.2 Å². The van der Waals surface area contributed by atoms with Gasteiger partial charge >= 0.3 is 0 Å². The molecule has 2 nitrogen and oxygen atoms in total. The first-order chi connectivity index (χ1) is 8.27. The van der Waals surface area contributed by atoms with Crippen LogP contribution in [0.4, 0.5) is 0 Å². The molecule has 0 radical (unpaired) electrons. The van der Waals surface area contributed by atoms with E-state index in [9.17, 15) is 0 Å². The Morgan fingerprint density at radius 2 is 2.00 bits per heavy atom. The van der Waals surface area contributed by atoms with Gasteiger partial charge in [-0.25, -0.2) is 0 Å². The Kier molecular flexibility index (Phi) is 7.33. The Balaban J connectivity index is 2.28. The van der Waals surface area contributed by atoms with Gasteiger partial charge in [0.15, 0.2) is 0 Å². The molecule has 0 aromatic heterocycles. The fourth-order valence-corrected chi connectivity index (χ4v) is 2.55. The summed E-state index contributed by atoms with van der Waals surface area (Å²) in [5, 5.41) is 0. The van der Waals surface area contributed by atoms with Crippen molar-refractivity contribution in [2.24, 2.45) is 5.73 Å². The van der Waals surface area contributed by atoms with E-state index in [2.05, 4.69) is 31.2 Å². The minimum atomic E-state index is 0.147. The third-order valence-electron chi connectivity index (χ3n) is 2.75. The molecule has 0 fully saturated rings. The van der Waals surface area contributed by atoms with Crippen LogP contribution in [0.3, 0.4) is 0 Å². The van der Waals surface area contributed by atoms with Crippen molar-refractivity contribution in [1.82, 2.24) is 0 Å². The maximum absolute atomic E-state index is 6.15. The fraction of sp³-hybridized carbons (Fsp3) is 0.571. The number of hydrogen-bond donors (Lipinski definition) is 1. The number of rotatable bonds is 8. The molecule has 0 aliphatic carbocycles. The van der Waals surface area contributed by atoms with Crippen molar-refractivity contribution in [2.45, 2.75) is 25.8 Å². The van der Waals surface area contributed by atoms with Crippen LogP contribution < -0.4 is 5.73 Å². The van der Waals surface area contributed by atoms with Gasteiger partial charge in [0.05, 0.1) is 0 Å². The minimum absolute atomic E-state index is 0.147. The van der Waals surface area contributed by atoms with Crippen LogP contribution in [0.2, 0.25) is 0 Å². The van der Waals surface area contributed by atoms with Crippen molar-refractivity contribution in [3.63, 3.8) is 0 Å². The highest BCUT2D eigenvalue weighted by atomic mass is 32.2. The second-order valence-electron chi connectivity index (χ2n) is 4.12. The number of nitrogens with two attached hydrogens (primary N) is 1. The summed E-state index contributed by atoms with van der Waals surface area (Å²) in [4.78, 5) is 0. The Morgan fingerprint density at radius 1 is 1.29 bits per heavy atom. The molecule has 1 rings (SSSR count). The molecule has 1 aromatic carbocycles. The maximum Gasteiger partial charge on any atom is 0.0470 e. The zero-order chi connectivity index (χ0) is 12.5. The second kappa shape index (κ2) is 8.56. The first-order valence-corrected chi connectivity index (χ1v) is 7.34. The average Bonchev–Trinajstić information content (AvgIpc) is 2.38. The molecule has 0 saturated carbocycles. The van der Waals surface area contributed by atoms with Crippen LogP contribution in [0.15, 0.2) is 24.3 Å². The highest BCUT2D eigenvalue weighted by molar-refractivity contribution is 7.99. The van der Waals surface area contributed by atoms with E-state index in [1.165, 1.54) is 11.1 Å². The maximum atomic E-state index is 6.15. The summed E-state index contributed by atoms with van der Waals surface area (Å²) in [5.74, 6) is 2.10. The minimum Gasteiger partial charge on any atom is -0.385 e. The topological polar surface area (TPSA) is 35.2 Å². The first kappa shape index (κ1) is 14.6. The standard InChI is InChI=1S/C14H23NOS/c1-3-12-5-7-13(8-6-12)14(15)11-17-10-4-9-16-2/h5-8,14H,3-4,9-11,15H2,1-2H3. The number of benzene rings is 1. The second-order valence-corrected chi connectivity index (χ2v) is 5.27. The van der Waals surface area contributed by atoms with Gasteiger partial charge < -0.3 is 10.5 Å². The molecule has 0 aliphatic rings. The van der Waals surface area contributed by atoms with Gasteiger partial charge in [-0.15, -0.1) is 0 Å². The Hall–Kier alpha value is -0.510. The van der Waals surface area contributed by atoms with E-state index in [4.69, 9.17) is 10.5 Å². The molecule has 1 unspecified atom stereocenters. The van der Waals surface area contributed by atoms with Crippen molar-refractivity contribution >= 4 is 11.8 Å². The number of hydrogen-bond acceptors (Lipinski definition) is 3. The van der Waals surface area contributed by atoms with Gasteiger partial charge in [-0.05, 0) is 29.7 Å². The SMILES string of the molecule is CCc1ccc(C(N)CSCCCOC)cc1. The number of ether oxygens (including phenoxy) is 1. The number of methoxy groups -OCH3 is 1. The third-order valence-corrected chi connectivity index (χ3v) is 3.92. The zero-order valence-corrected chi connectivity index (χ0v) is 11.6. The predicted molar refractivity (Wildman–Crippen MR) is 76.6 cm³/mol. The molecule has 0 saturated heterocycles. The molecule has 0 bridgehead atoms. The van der Waals surface area contributed by atoms with Gasteiger partial charge in [0, 0.05) is 25.5 Å². The quantitative estimate of drug-likeness (QED) is 0.723. The van der Waals surface area contributed by atoms with Crippen LogP contribution >= 0.6 is 11.8 Å². The average molecular weight is 253 g/mol. The largest absolute Gasteiger partial charge is 0.385 e. The van der Waals surface area contributed by atoms with Gasteiger partial charge in [-0.2, -0.15) is 11.8 Å². The van der Waals surface area contributed by atoms with E-state index in [0.717, 1.165) is 31.0 Å². The van der Waals surface area contributed by atoms with Gasteiger partial charge in [-0.3, -0.25) is 0 Å². The Labute approximate surface area is 109 Å². The van der Waals surface area contributed by atoms with Crippen molar-refractivity contribution in [3.05, 3.63) is 35.4 Å². The van der Waals surface area contributed by atoms with E-state index in [1.54, 1.807) is 7.11 Å². The number of thioether (sulfide) groups is 1. The molecule has 96 valence electrons. The smallest absolute Gasteiger partial charge is 0.0470 e. The summed E-state index contributed by atoms with van der Waals surface area (Å²) >= 11 is 1.90. The lowest BCUT2D eigenvalue weighted by atomic mass is 10.1. The van der Waals surface area contributed by atoms with Gasteiger partial charge in [0.25, 0.3) is 0 Å². The Bertz CT molecular complexity index is 300. The lowest BCUT2D eigenvalue weighted by molar-refractivity contribution is 0.200. The normalized spacial score (nSPS) is 12.6. The van der Waals surface area contributed by atoms with Crippen LogP contribution in [-0.2, 0) is 11.2 Å². The lowest BCUT2D eigenvalue weighted by Crippen LogP contribution is -2.13. The van der Waals surface area contributed by atoms with Crippen molar-refractivity contribution < 1.29 is 4.74 Å². The molecule has 1 aromatic rings. The third kappa shape index (κ3) is 5.57. The molecule has 0 heterocycles. The summed E-state index contributed by atoms with van der Waals surface area (Å²) in [6, 6.07) is 8.79. The van der Waals surface area contributed by atoms with E-state index in [-0.39, 0.29) is 6.04 Å². The Morgan fingerprint density at radius 3 is 2.59 bits per heavy atom. The molecule has 17 heavy (non-hydrogen) atoms. The lowest BCUT2D eigenvalue weighted by Gasteiger charge is -2.12. The molecule has 0 aliphatic heterocycles. The van der Waals surface area contributed by atoms with Crippen molar-refractivity contribution in [2.75, 3.05) is 25.2 Å². The summed E-state index contributed by atoms with van der Waals surface area (Å²) in [6.45, 7) is 3.01. The predicted octanol–water partition coefficient (Wildman–Crippen LogP) is 3.02. The summed E-state index contributed by atoms with van der Waals surface area (Å²) in [5.41, 5.74) is 8.76. The van der Waals surface area contributed by atoms with Gasteiger partial charge in [-0.1, -0.05) is 31.2 Å². The van der Waals surface area contributed by atoms with Gasteiger partial charge in [0.1, 0.15) is 0 Å². The summed E-state index contributed by atoms with van der Waals surface area (Å²) in [6.07, 6.45) is 2.18. The number of aryl methyl sites for hydroxylation is 1. The highest BCUT2D eigenvalue weighted by Gasteiger charge is 2.05. The van der Waals surface area contributed by atoms with E-state index in [0.29, 0.717) is 0 Å². The fourth-order valence-electron chi connectivity index (χ4n) is 1.61. The molecule has 0 amide bonds. The van der Waals surface area contributed by atoms with E-state index in [1.807, 2.05) is 11.8 Å². The zero-order valence-electron chi connectivity index (χ0n) is 10.8. The van der Waals surface area contributed by atoms with Crippen LogP contribution in [0.1, 0.15) is 30.5 Å². The van der Waals surface area contributed by atoms with Crippen molar-refractivity contribution in [1.29, 1.82) is 0 Å². The summed E-state index contributed by atoms with van der Waals surface area (Å²) < 4.78 is 5.01. The van der Waals surface area contributed by atoms with Crippen LogP contribution in [0.5, 0.6) is 0 Å². The van der Waals surface area contributed by atoms with E-state index < -0.39 is 0 Å². The first-order valence-electron chi connectivity index (χ1n) is 6.19. The highest BCUT2D eigenvalue weighted by Crippen LogP contribution is 2.17. The van der Waals surface area contributed by atoms with Crippen LogP contribution in [0, 0.1) is 0 Å². The van der Waals surface area contributed by atoms with Crippen molar-refractivity contribution in [3.8, 4) is 0 Å². The molecule has 3 heteroatoms. The molecular formula is C14H23NOS. The van der Waals surface area contributed by atoms with Gasteiger partial charge in [0.2, 0.25) is 0 Å². The molecule has 1 atom stereocenters. The molecule has 2 N–H and O–H groups in total. The monoisotopic (exact) mass is 253 g/mol. The summed E-state index contributed by atoms with van der Waals surface area (Å²) in [7, 11) is 1.74.